The Morgan fingerprint density at radius 1 is 1.21 bits per heavy atom. The summed E-state index contributed by atoms with van der Waals surface area (Å²) in [6.07, 6.45) is 0.333. The molecule has 1 aromatic heterocycles. The number of carbonyl (C=O) groups excluding carboxylic acids is 2. The predicted octanol–water partition coefficient (Wildman–Crippen LogP) is 3.21. The van der Waals surface area contributed by atoms with Gasteiger partial charge in [0.15, 0.2) is 0 Å². The van der Waals surface area contributed by atoms with Gasteiger partial charge in [0, 0.05) is 5.69 Å². The van der Waals surface area contributed by atoms with E-state index in [2.05, 4.69) is 16.7 Å². The van der Waals surface area contributed by atoms with Crippen LogP contribution < -0.4 is 10.6 Å². The van der Waals surface area contributed by atoms with Crippen LogP contribution in [0.15, 0.2) is 41.8 Å². The molecule has 0 radical (unpaired) electrons. The van der Waals surface area contributed by atoms with Crippen molar-refractivity contribution in [2.24, 2.45) is 5.92 Å². The number of hydrogen-bond acceptors (Lipinski definition) is 4. The van der Waals surface area contributed by atoms with Crippen molar-refractivity contribution in [1.29, 1.82) is 5.26 Å². The zero-order chi connectivity index (χ0) is 17.5. The highest BCUT2D eigenvalue weighted by Gasteiger charge is 2.25. The Labute approximate surface area is 145 Å². The number of nitrogens with one attached hydrogen (secondary N) is 2. The average Bonchev–Trinajstić information content (AvgIpc) is 3.08. The van der Waals surface area contributed by atoms with Gasteiger partial charge in [0.05, 0.1) is 17.4 Å². The van der Waals surface area contributed by atoms with Crippen molar-refractivity contribution in [1.82, 2.24) is 5.32 Å². The molecule has 2 amide bonds. The molecule has 6 heteroatoms. The van der Waals surface area contributed by atoms with Crippen LogP contribution in [0.25, 0.3) is 0 Å². The predicted molar refractivity (Wildman–Crippen MR) is 94.8 cm³/mol. The summed E-state index contributed by atoms with van der Waals surface area (Å²) >= 11 is 1.34. The van der Waals surface area contributed by atoms with Gasteiger partial charge in [-0.1, -0.05) is 32.0 Å². The van der Waals surface area contributed by atoms with Crippen molar-refractivity contribution in [2.75, 3.05) is 5.32 Å². The quantitative estimate of drug-likeness (QED) is 0.846. The Morgan fingerprint density at radius 3 is 2.46 bits per heavy atom. The van der Waals surface area contributed by atoms with E-state index in [-0.39, 0.29) is 17.7 Å². The molecule has 1 heterocycles. The molecule has 0 aliphatic heterocycles. The molecular weight excluding hydrogens is 322 g/mol. The first-order chi connectivity index (χ1) is 11.5. The molecule has 0 spiro atoms. The van der Waals surface area contributed by atoms with E-state index in [1.165, 1.54) is 11.3 Å². The molecule has 0 saturated heterocycles. The minimum Gasteiger partial charge on any atom is -0.339 e. The summed E-state index contributed by atoms with van der Waals surface area (Å²) in [5.41, 5.74) is 1.53. The molecule has 0 bridgehead atoms. The number of nitrogens with zero attached hydrogens (tertiary/aromatic N) is 1. The van der Waals surface area contributed by atoms with Crippen LogP contribution in [0, 0.1) is 17.2 Å². The van der Waals surface area contributed by atoms with Crippen LogP contribution in [-0.4, -0.2) is 17.9 Å². The number of hydrogen-bond donors (Lipinski definition) is 2. The van der Waals surface area contributed by atoms with Gasteiger partial charge in [-0.3, -0.25) is 9.59 Å². The van der Waals surface area contributed by atoms with Gasteiger partial charge in [-0.05, 0) is 35.1 Å². The molecule has 124 valence electrons. The zero-order valence-corrected chi connectivity index (χ0v) is 14.4. The van der Waals surface area contributed by atoms with Crippen LogP contribution >= 0.6 is 11.3 Å². The molecule has 0 aliphatic carbocycles. The van der Waals surface area contributed by atoms with Gasteiger partial charge in [0.2, 0.25) is 5.91 Å². The second kappa shape index (κ2) is 8.27. The summed E-state index contributed by atoms with van der Waals surface area (Å²) < 4.78 is 0. The van der Waals surface area contributed by atoms with Gasteiger partial charge in [-0.25, -0.2) is 0 Å². The number of anilines is 1. The molecule has 0 aliphatic rings. The Bertz CT molecular complexity index is 731. The van der Waals surface area contributed by atoms with Crippen molar-refractivity contribution in [3.8, 4) is 6.07 Å². The molecule has 0 unspecified atom stereocenters. The molecule has 1 atom stereocenters. The molecule has 2 aromatic rings. The Balaban J connectivity index is 2.03. The first-order valence-electron chi connectivity index (χ1n) is 7.62. The van der Waals surface area contributed by atoms with Crippen molar-refractivity contribution in [3.63, 3.8) is 0 Å². The summed E-state index contributed by atoms with van der Waals surface area (Å²) in [5, 5.41) is 16.1. The average molecular weight is 341 g/mol. The van der Waals surface area contributed by atoms with E-state index in [1.54, 1.807) is 36.4 Å². The standard InChI is InChI=1S/C18H19N3O2S/c1-12(2)16(21-17(22)15-4-3-11-24-15)18(23)20-14-7-5-13(6-8-14)9-10-19/h3-8,11-12,16H,9H2,1-2H3,(H,20,23)(H,21,22)/t16-/m0/s1. The molecule has 1 aromatic carbocycles. The Kier molecular flexibility index (Phi) is 6.10. The van der Waals surface area contributed by atoms with Gasteiger partial charge in [0.25, 0.3) is 5.91 Å². The molecule has 24 heavy (non-hydrogen) atoms. The summed E-state index contributed by atoms with van der Waals surface area (Å²) in [6.45, 7) is 3.77. The number of thiophene rings is 1. The third kappa shape index (κ3) is 4.67. The lowest BCUT2D eigenvalue weighted by Gasteiger charge is -2.21. The molecule has 0 saturated carbocycles. The second-order valence-corrected chi connectivity index (χ2v) is 6.64. The van der Waals surface area contributed by atoms with Crippen molar-refractivity contribution >= 4 is 28.8 Å². The van der Waals surface area contributed by atoms with E-state index in [9.17, 15) is 9.59 Å². The SMILES string of the molecule is CC(C)[C@H](NC(=O)c1cccs1)C(=O)Nc1ccc(CC#N)cc1. The Morgan fingerprint density at radius 2 is 1.92 bits per heavy atom. The number of nitriles is 1. The highest BCUT2D eigenvalue weighted by Crippen LogP contribution is 2.14. The van der Waals surface area contributed by atoms with Crippen LogP contribution in [-0.2, 0) is 11.2 Å². The Hall–Kier alpha value is -2.65. The second-order valence-electron chi connectivity index (χ2n) is 5.69. The lowest BCUT2D eigenvalue weighted by Crippen LogP contribution is -2.46. The summed E-state index contributed by atoms with van der Waals surface area (Å²) in [7, 11) is 0. The van der Waals surface area contributed by atoms with Crippen LogP contribution in [0.4, 0.5) is 5.69 Å². The van der Waals surface area contributed by atoms with Gasteiger partial charge >= 0.3 is 0 Å². The van der Waals surface area contributed by atoms with Gasteiger partial charge < -0.3 is 10.6 Å². The van der Waals surface area contributed by atoms with Gasteiger partial charge in [-0.2, -0.15) is 5.26 Å². The minimum atomic E-state index is -0.626. The van der Waals surface area contributed by atoms with E-state index in [4.69, 9.17) is 5.26 Å². The van der Waals surface area contributed by atoms with Crippen molar-refractivity contribution in [3.05, 3.63) is 52.2 Å². The number of benzene rings is 1. The first-order valence-corrected chi connectivity index (χ1v) is 8.50. The van der Waals surface area contributed by atoms with Crippen LogP contribution in [0.5, 0.6) is 0 Å². The zero-order valence-electron chi connectivity index (χ0n) is 13.6. The third-order valence-corrected chi connectivity index (χ3v) is 4.35. The van der Waals surface area contributed by atoms with Crippen LogP contribution in [0.3, 0.4) is 0 Å². The van der Waals surface area contributed by atoms with E-state index in [0.717, 1.165) is 5.56 Å². The highest BCUT2D eigenvalue weighted by molar-refractivity contribution is 7.12. The van der Waals surface area contributed by atoms with Crippen molar-refractivity contribution < 1.29 is 9.59 Å². The summed E-state index contributed by atoms with van der Waals surface area (Å²) in [5.74, 6) is -0.557. The lowest BCUT2D eigenvalue weighted by atomic mass is 10.0. The maximum absolute atomic E-state index is 12.5. The molecule has 2 N–H and O–H groups in total. The van der Waals surface area contributed by atoms with Crippen LogP contribution in [0.1, 0.15) is 29.1 Å². The molecule has 2 rings (SSSR count). The fraction of sp³-hybridized carbons (Fsp3) is 0.278. The largest absolute Gasteiger partial charge is 0.339 e. The van der Waals surface area contributed by atoms with E-state index >= 15 is 0 Å². The number of carbonyl (C=O) groups is 2. The molecule has 0 fully saturated rings. The molecular formula is C18H19N3O2S. The summed E-state index contributed by atoms with van der Waals surface area (Å²) in [4.78, 5) is 25.3. The maximum Gasteiger partial charge on any atom is 0.262 e. The van der Waals surface area contributed by atoms with Gasteiger partial charge in [0.1, 0.15) is 6.04 Å². The lowest BCUT2D eigenvalue weighted by molar-refractivity contribution is -0.118. The third-order valence-electron chi connectivity index (χ3n) is 3.49. The number of rotatable bonds is 6. The molecule has 5 nitrogen and oxygen atoms in total. The smallest absolute Gasteiger partial charge is 0.262 e. The first kappa shape index (κ1) is 17.7. The highest BCUT2D eigenvalue weighted by atomic mass is 32.1. The normalized spacial score (nSPS) is 11.6. The van der Waals surface area contributed by atoms with Crippen LogP contribution in [0.2, 0.25) is 0 Å². The fourth-order valence-electron chi connectivity index (χ4n) is 2.17. The maximum atomic E-state index is 12.5. The van der Waals surface area contributed by atoms with Crippen molar-refractivity contribution in [2.45, 2.75) is 26.3 Å². The summed E-state index contributed by atoms with van der Waals surface area (Å²) in [6, 6.07) is 12.1. The minimum absolute atomic E-state index is 0.0493. The monoisotopic (exact) mass is 341 g/mol. The van der Waals surface area contributed by atoms with E-state index in [1.807, 2.05) is 19.2 Å². The number of amides is 2. The fourth-order valence-corrected chi connectivity index (χ4v) is 2.80. The topological polar surface area (TPSA) is 82.0 Å². The van der Waals surface area contributed by atoms with Gasteiger partial charge in [-0.15, -0.1) is 11.3 Å². The van der Waals surface area contributed by atoms with E-state index < -0.39 is 6.04 Å². The van der Waals surface area contributed by atoms with E-state index in [0.29, 0.717) is 17.0 Å².